The van der Waals surface area contributed by atoms with E-state index >= 15 is 0 Å². The van der Waals surface area contributed by atoms with Crippen LogP contribution in [0.5, 0.6) is 0 Å². The van der Waals surface area contributed by atoms with Crippen molar-refractivity contribution in [1.29, 1.82) is 0 Å². The summed E-state index contributed by atoms with van der Waals surface area (Å²) in [6, 6.07) is 11.3. The molecule has 3 aromatic rings. The number of para-hydroxylation sites is 2. The zero-order valence-corrected chi connectivity index (χ0v) is 15.2. The summed E-state index contributed by atoms with van der Waals surface area (Å²) < 4.78 is 7.16. The number of hydrogen-bond acceptors (Lipinski definition) is 4. The van der Waals surface area contributed by atoms with E-state index in [2.05, 4.69) is 16.0 Å². The Labute approximate surface area is 157 Å². The maximum atomic E-state index is 12.6. The maximum absolute atomic E-state index is 12.6. The molecule has 4 rings (SSSR count). The molecule has 1 atom stereocenters. The Morgan fingerprint density at radius 1 is 1.26 bits per heavy atom. The Hall–Kier alpha value is -3.09. The van der Waals surface area contributed by atoms with Crippen molar-refractivity contribution in [1.82, 2.24) is 19.8 Å². The molecule has 0 bridgehead atoms. The number of carbonyl (C=O) groups excluding carboxylic acids is 2. The number of aryl methyl sites for hydroxylation is 1. The minimum Gasteiger partial charge on any atom is -0.459 e. The van der Waals surface area contributed by atoms with Crippen LogP contribution in [-0.2, 0) is 11.8 Å². The number of carbonyl (C=O) groups is 2. The van der Waals surface area contributed by atoms with Gasteiger partial charge < -0.3 is 19.2 Å². The highest BCUT2D eigenvalue weighted by Crippen LogP contribution is 2.28. The molecule has 3 heterocycles. The van der Waals surface area contributed by atoms with E-state index in [1.54, 1.807) is 12.1 Å². The van der Waals surface area contributed by atoms with Crippen LogP contribution in [0.15, 0.2) is 47.1 Å². The molecule has 0 radical (unpaired) electrons. The van der Waals surface area contributed by atoms with E-state index in [0.717, 1.165) is 29.7 Å². The lowest BCUT2D eigenvalue weighted by molar-refractivity contribution is -0.131. The molecule has 1 aromatic carbocycles. The lowest BCUT2D eigenvalue weighted by Gasteiger charge is -2.32. The summed E-state index contributed by atoms with van der Waals surface area (Å²) >= 11 is 0. The number of nitrogens with one attached hydrogen (secondary N) is 1. The normalized spacial score (nSPS) is 17.2. The molecule has 1 aliphatic heterocycles. The third-order valence-electron chi connectivity index (χ3n) is 5.11. The van der Waals surface area contributed by atoms with Gasteiger partial charge in [0.2, 0.25) is 5.91 Å². The van der Waals surface area contributed by atoms with Crippen LogP contribution in [-0.4, -0.2) is 45.9 Å². The molecule has 140 valence electrons. The van der Waals surface area contributed by atoms with Crippen LogP contribution in [0.4, 0.5) is 0 Å². The topological polar surface area (TPSA) is 80.4 Å². The van der Waals surface area contributed by atoms with E-state index < -0.39 is 0 Å². The summed E-state index contributed by atoms with van der Waals surface area (Å²) in [7, 11) is 2.02. The smallest absolute Gasteiger partial charge is 0.287 e. The van der Waals surface area contributed by atoms with Crippen molar-refractivity contribution in [3.8, 4) is 0 Å². The fourth-order valence-corrected chi connectivity index (χ4v) is 3.71. The lowest BCUT2D eigenvalue weighted by Crippen LogP contribution is -2.44. The van der Waals surface area contributed by atoms with Crippen LogP contribution in [0.3, 0.4) is 0 Å². The Balaban J connectivity index is 1.42. The molecule has 27 heavy (non-hydrogen) atoms. The van der Waals surface area contributed by atoms with Crippen molar-refractivity contribution < 1.29 is 14.0 Å². The number of benzene rings is 1. The predicted octanol–water partition coefficient (Wildman–Crippen LogP) is 2.30. The average molecular weight is 366 g/mol. The Morgan fingerprint density at radius 2 is 2.11 bits per heavy atom. The van der Waals surface area contributed by atoms with Gasteiger partial charge in [-0.25, -0.2) is 4.98 Å². The van der Waals surface area contributed by atoms with E-state index in [-0.39, 0.29) is 30.0 Å². The minimum absolute atomic E-state index is 0.0329. The van der Waals surface area contributed by atoms with Gasteiger partial charge in [0.15, 0.2) is 5.76 Å². The van der Waals surface area contributed by atoms with Gasteiger partial charge in [-0.3, -0.25) is 9.59 Å². The van der Waals surface area contributed by atoms with Crippen LogP contribution in [0, 0.1) is 0 Å². The molecular formula is C20H22N4O3. The minimum atomic E-state index is -0.378. The van der Waals surface area contributed by atoms with Crippen molar-refractivity contribution in [2.75, 3.05) is 19.6 Å². The number of fused-ring (bicyclic) bond motifs is 1. The second kappa shape index (κ2) is 7.26. The van der Waals surface area contributed by atoms with Crippen molar-refractivity contribution in [2.24, 2.45) is 7.05 Å². The van der Waals surface area contributed by atoms with Crippen molar-refractivity contribution in [3.05, 3.63) is 54.2 Å². The zero-order valence-electron chi connectivity index (χ0n) is 15.2. The second-order valence-electron chi connectivity index (χ2n) is 6.86. The number of nitrogens with zero attached hydrogens (tertiary/aromatic N) is 3. The molecular weight excluding hydrogens is 344 g/mol. The molecule has 2 amide bonds. The largest absolute Gasteiger partial charge is 0.459 e. The second-order valence-corrected chi connectivity index (χ2v) is 6.86. The third-order valence-corrected chi connectivity index (χ3v) is 5.11. The molecule has 1 aliphatic rings. The summed E-state index contributed by atoms with van der Waals surface area (Å²) in [5.41, 5.74) is 2.07. The van der Waals surface area contributed by atoms with E-state index in [4.69, 9.17) is 9.40 Å². The van der Waals surface area contributed by atoms with E-state index in [9.17, 15) is 9.59 Å². The number of aromatic nitrogens is 2. The van der Waals surface area contributed by atoms with Gasteiger partial charge in [0, 0.05) is 26.1 Å². The molecule has 1 N–H and O–H groups in total. The summed E-state index contributed by atoms with van der Waals surface area (Å²) in [6.07, 6.45) is 3.36. The molecule has 0 saturated carbocycles. The summed E-state index contributed by atoms with van der Waals surface area (Å²) in [5, 5.41) is 2.62. The molecule has 0 spiro atoms. The molecule has 0 aliphatic carbocycles. The molecule has 1 unspecified atom stereocenters. The van der Waals surface area contributed by atoms with E-state index in [1.807, 2.05) is 30.1 Å². The summed E-state index contributed by atoms with van der Waals surface area (Å²) in [5.74, 6) is 0.948. The van der Waals surface area contributed by atoms with Gasteiger partial charge in [-0.2, -0.15) is 0 Å². The first-order chi connectivity index (χ1) is 13.1. The highest BCUT2D eigenvalue weighted by atomic mass is 16.3. The van der Waals surface area contributed by atoms with E-state index in [1.165, 1.54) is 6.26 Å². The van der Waals surface area contributed by atoms with Gasteiger partial charge in [-0.1, -0.05) is 12.1 Å². The number of imidazole rings is 1. The van der Waals surface area contributed by atoms with Gasteiger partial charge in [0.25, 0.3) is 5.91 Å². The van der Waals surface area contributed by atoms with Gasteiger partial charge in [0.05, 0.1) is 23.8 Å². The van der Waals surface area contributed by atoms with Crippen LogP contribution >= 0.6 is 0 Å². The zero-order chi connectivity index (χ0) is 18.8. The predicted molar refractivity (Wildman–Crippen MR) is 100 cm³/mol. The molecule has 1 saturated heterocycles. The van der Waals surface area contributed by atoms with Gasteiger partial charge in [0.1, 0.15) is 5.82 Å². The third kappa shape index (κ3) is 3.45. The maximum Gasteiger partial charge on any atom is 0.287 e. The standard InChI is InChI=1S/C20H22N4O3/c1-23-16-8-3-2-7-15(16)22-19(23)14-6-4-10-24(13-14)18(25)12-21-20(26)17-9-5-11-27-17/h2-3,5,7-9,11,14H,4,6,10,12-13H2,1H3,(H,21,26). The number of piperidine rings is 1. The fraction of sp³-hybridized carbons (Fsp3) is 0.350. The summed E-state index contributed by atoms with van der Waals surface area (Å²) in [6.45, 7) is 1.29. The number of furan rings is 1. The molecule has 2 aromatic heterocycles. The first-order valence-electron chi connectivity index (χ1n) is 9.14. The molecule has 7 heteroatoms. The van der Waals surface area contributed by atoms with Crippen LogP contribution in [0.2, 0.25) is 0 Å². The first-order valence-corrected chi connectivity index (χ1v) is 9.14. The van der Waals surface area contributed by atoms with Crippen molar-refractivity contribution >= 4 is 22.8 Å². The van der Waals surface area contributed by atoms with E-state index in [0.29, 0.717) is 13.1 Å². The highest BCUT2D eigenvalue weighted by molar-refractivity contribution is 5.94. The number of likely N-dealkylation sites (tertiary alicyclic amines) is 1. The quantitative estimate of drug-likeness (QED) is 0.768. The van der Waals surface area contributed by atoms with Gasteiger partial charge in [-0.05, 0) is 37.1 Å². The van der Waals surface area contributed by atoms with Gasteiger partial charge >= 0.3 is 0 Å². The summed E-state index contributed by atoms with van der Waals surface area (Å²) in [4.78, 5) is 31.1. The van der Waals surface area contributed by atoms with Crippen LogP contribution in [0.1, 0.15) is 35.1 Å². The monoisotopic (exact) mass is 366 g/mol. The molecule has 1 fully saturated rings. The Bertz CT molecular complexity index is 961. The van der Waals surface area contributed by atoms with Gasteiger partial charge in [-0.15, -0.1) is 0 Å². The Kier molecular flexibility index (Phi) is 4.66. The Morgan fingerprint density at radius 3 is 2.89 bits per heavy atom. The fourth-order valence-electron chi connectivity index (χ4n) is 3.71. The van der Waals surface area contributed by atoms with Crippen molar-refractivity contribution in [3.63, 3.8) is 0 Å². The highest BCUT2D eigenvalue weighted by Gasteiger charge is 2.28. The number of amides is 2. The average Bonchev–Trinajstić information content (AvgIpc) is 3.35. The number of hydrogen-bond donors (Lipinski definition) is 1. The first kappa shape index (κ1) is 17.3. The van der Waals surface area contributed by atoms with Crippen LogP contribution in [0.25, 0.3) is 11.0 Å². The lowest BCUT2D eigenvalue weighted by atomic mass is 9.97. The molecule has 7 nitrogen and oxygen atoms in total. The van der Waals surface area contributed by atoms with Crippen LogP contribution < -0.4 is 5.32 Å². The van der Waals surface area contributed by atoms with Crippen molar-refractivity contribution in [2.45, 2.75) is 18.8 Å². The number of rotatable bonds is 4. The SMILES string of the molecule is Cn1c(C2CCCN(C(=O)CNC(=O)c3ccco3)C2)nc2ccccc21.